The van der Waals surface area contributed by atoms with Crippen LogP contribution in [-0.2, 0) is 0 Å². The third-order valence-electron chi connectivity index (χ3n) is 3.96. The first kappa shape index (κ1) is 18.6. The summed E-state index contributed by atoms with van der Waals surface area (Å²) in [7, 11) is 0. The first-order valence-electron chi connectivity index (χ1n) is 8.49. The average molecular weight is 409 g/mol. The van der Waals surface area contributed by atoms with E-state index >= 15 is 0 Å². The quantitative estimate of drug-likeness (QED) is 0.361. The number of rotatable bonds is 4. The fraction of sp³-hybridized carbons (Fsp3) is 0.0476. The van der Waals surface area contributed by atoms with Crippen molar-refractivity contribution in [3.05, 3.63) is 87.8 Å². The summed E-state index contributed by atoms with van der Waals surface area (Å²) in [5.41, 5.74) is 0.650. The number of hydrogen-bond acceptors (Lipinski definition) is 7. The van der Waals surface area contributed by atoms with Crippen molar-refractivity contribution in [1.29, 1.82) is 0 Å². The van der Waals surface area contributed by atoms with Crippen molar-refractivity contribution in [3.8, 4) is 17.2 Å². The molecule has 4 aromatic rings. The van der Waals surface area contributed by atoms with Crippen molar-refractivity contribution in [2.24, 2.45) is 0 Å². The number of aryl methyl sites for hydroxylation is 1. The van der Waals surface area contributed by atoms with Crippen molar-refractivity contribution in [1.82, 2.24) is 9.97 Å². The molecule has 7 nitrogen and oxygen atoms in total. The molecule has 2 aromatic heterocycles. The molecule has 4 rings (SSSR count). The molecule has 0 aliphatic heterocycles. The van der Waals surface area contributed by atoms with Crippen LogP contribution < -0.4 is 14.9 Å². The van der Waals surface area contributed by atoms with Crippen molar-refractivity contribution >= 4 is 28.5 Å². The minimum absolute atomic E-state index is 0.0273. The third-order valence-corrected chi connectivity index (χ3v) is 4.21. The Hall–Kier alpha value is -3.71. The molecule has 2 heterocycles. The van der Waals surface area contributed by atoms with Crippen LogP contribution in [0.2, 0.25) is 5.02 Å². The molecular formula is C21H13ClN2O5. The number of halogens is 1. The molecule has 0 spiro atoms. The number of esters is 1. The van der Waals surface area contributed by atoms with Gasteiger partial charge in [0.25, 0.3) is 0 Å². The Balaban J connectivity index is 1.58. The standard InChI is InChI=1S/C21H13ClN2O5/c1-12-9-24-17(10-23-12)21(26)29-15-6-7-16-18(8-15)27-11-19(20(16)25)28-14-4-2-13(22)3-5-14/h2-11H,1H3. The van der Waals surface area contributed by atoms with Crippen LogP contribution >= 0.6 is 11.6 Å². The van der Waals surface area contributed by atoms with Crippen molar-refractivity contribution in [2.75, 3.05) is 0 Å². The van der Waals surface area contributed by atoms with Crippen molar-refractivity contribution in [2.45, 2.75) is 6.92 Å². The van der Waals surface area contributed by atoms with Gasteiger partial charge in [-0.15, -0.1) is 0 Å². The number of fused-ring (bicyclic) bond motifs is 1. The minimum Gasteiger partial charge on any atom is -0.460 e. The van der Waals surface area contributed by atoms with E-state index in [9.17, 15) is 9.59 Å². The van der Waals surface area contributed by atoms with Gasteiger partial charge in [0.2, 0.25) is 11.2 Å². The summed E-state index contributed by atoms with van der Waals surface area (Å²) in [6.07, 6.45) is 4.01. The van der Waals surface area contributed by atoms with Gasteiger partial charge in [0.15, 0.2) is 5.69 Å². The lowest BCUT2D eigenvalue weighted by atomic mass is 10.2. The van der Waals surface area contributed by atoms with Gasteiger partial charge >= 0.3 is 5.97 Å². The average Bonchev–Trinajstić information content (AvgIpc) is 2.72. The van der Waals surface area contributed by atoms with Gasteiger partial charge in [0.05, 0.1) is 17.3 Å². The number of aromatic nitrogens is 2. The SMILES string of the molecule is Cc1cnc(C(=O)Oc2ccc3c(=O)c(Oc4ccc(Cl)cc4)coc3c2)cn1. The molecular weight excluding hydrogens is 396 g/mol. The number of nitrogens with zero attached hydrogens (tertiary/aromatic N) is 2. The van der Waals surface area contributed by atoms with Gasteiger partial charge in [-0.1, -0.05) is 11.6 Å². The van der Waals surface area contributed by atoms with Crippen molar-refractivity contribution < 1.29 is 18.7 Å². The van der Waals surface area contributed by atoms with E-state index in [4.69, 9.17) is 25.5 Å². The van der Waals surface area contributed by atoms with Crippen LogP contribution in [0.3, 0.4) is 0 Å². The first-order chi connectivity index (χ1) is 14.0. The predicted molar refractivity (Wildman–Crippen MR) is 106 cm³/mol. The van der Waals surface area contributed by atoms with Crippen LogP contribution in [0.25, 0.3) is 11.0 Å². The fourth-order valence-electron chi connectivity index (χ4n) is 2.51. The van der Waals surface area contributed by atoms with E-state index in [-0.39, 0.29) is 33.6 Å². The summed E-state index contributed by atoms with van der Waals surface area (Å²) in [5.74, 6) is 0.0200. The molecule has 0 amide bonds. The summed E-state index contributed by atoms with van der Waals surface area (Å²) < 4.78 is 16.3. The molecule has 0 bridgehead atoms. The topological polar surface area (TPSA) is 91.5 Å². The number of ether oxygens (including phenoxy) is 2. The van der Waals surface area contributed by atoms with Crippen LogP contribution in [0.5, 0.6) is 17.2 Å². The summed E-state index contributed by atoms with van der Waals surface area (Å²) >= 11 is 5.84. The highest BCUT2D eigenvalue weighted by Crippen LogP contribution is 2.25. The molecule has 0 radical (unpaired) electrons. The highest BCUT2D eigenvalue weighted by atomic mass is 35.5. The van der Waals surface area contributed by atoms with E-state index in [0.29, 0.717) is 16.5 Å². The second-order valence-electron chi connectivity index (χ2n) is 6.08. The van der Waals surface area contributed by atoms with E-state index in [1.54, 1.807) is 31.2 Å². The molecule has 0 aliphatic rings. The van der Waals surface area contributed by atoms with Gasteiger partial charge in [-0.2, -0.15) is 0 Å². The maximum Gasteiger partial charge on any atom is 0.363 e. The highest BCUT2D eigenvalue weighted by molar-refractivity contribution is 6.30. The van der Waals surface area contributed by atoms with Crippen LogP contribution in [0.15, 0.2) is 70.3 Å². The van der Waals surface area contributed by atoms with Gasteiger partial charge in [0.1, 0.15) is 23.3 Å². The Morgan fingerprint density at radius 1 is 1.03 bits per heavy atom. The second-order valence-corrected chi connectivity index (χ2v) is 6.51. The maximum absolute atomic E-state index is 12.6. The molecule has 0 saturated heterocycles. The van der Waals surface area contributed by atoms with Gasteiger partial charge in [-0.3, -0.25) is 9.78 Å². The Morgan fingerprint density at radius 3 is 2.52 bits per heavy atom. The van der Waals surface area contributed by atoms with Crippen LogP contribution in [-0.4, -0.2) is 15.9 Å². The van der Waals surface area contributed by atoms with E-state index in [0.717, 1.165) is 0 Å². The van der Waals surface area contributed by atoms with Crippen LogP contribution in [0.4, 0.5) is 0 Å². The first-order valence-corrected chi connectivity index (χ1v) is 8.87. The van der Waals surface area contributed by atoms with E-state index in [1.165, 1.54) is 36.9 Å². The Kier molecular flexibility index (Phi) is 4.97. The van der Waals surface area contributed by atoms with Crippen molar-refractivity contribution in [3.63, 3.8) is 0 Å². The molecule has 0 N–H and O–H groups in total. The monoisotopic (exact) mass is 408 g/mol. The van der Waals surface area contributed by atoms with Gasteiger partial charge < -0.3 is 13.9 Å². The van der Waals surface area contributed by atoms with E-state index in [1.807, 2.05) is 0 Å². The number of benzene rings is 2. The Morgan fingerprint density at radius 2 is 1.79 bits per heavy atom. The molecule has 0 aliphatic carbocycles. The zero-order valence-electron chi connectivity index (χ0n) is 15.1. The Labute approximate surface area is 169 Å². The molecule has 8 heteroatoms. The molecule has 0 fully saturated rings. The summed E-state index contributed by atoms with van der Waals surface area (Å²) in [6.45, 7) is 1.76. The summed E-state index contributed by atoms with van der Waals surface area (Å²) in [6, 6.07) is 11.0. The molecule has 0 atom stereocenters. The largest absolute Gasteiger partial charge is 0.460 e. The second kappa shape index (κ2) is 7.73. The summed E-state index contributed by atoms with van der Waals surface area (Å²) in [5, 5.41) is 0.841. The predicted octanol–water partition coefficient (Wildman–Crippen LogP) is 4.56. The van der Waals surface area contributed by atoms with Crippen LogP contribution in [0, 0.1) is 6.92 Å². The molecule has 2 aromatic carbocycles. The van der Waals surface area contributed by atoms with Crippen LogP contribution in [0.1, 0.15) is 16.2 Å². The molecule has 29 heavy (non-hydrogen) atoms. The fourth-order valence-corrected chi connectivity index (χ4v) is 2.64. The lowest BCUT2D eigenvalue weighted by Gasteiger charge is -2.07. The van der Waals surface area contributed by atoms with E-state index < -0.39 is 5.97 Å². The maximum atomic E-state index is 12.6. The molecule has 0 unspecified atom stereocenters. The van der Waals surface area contributed by atoms with E-state index in [2.05, 4.69) is 9.97 Å². The number of carbonyl (C=O) groups is 1. The lowest BCUT2D eigenvalue weighted by molar-refractivity contribution is 0.0728. The lowest BCUT2D eigenvalue weighted by Crippen LogP contribution is -2.11. The van der Waals surface area contributed by atoms with Gasteiger partial charge in [-0.05, 0) is 43.3 Å². The number of hydrogen-bond donors (Lipinski definition) is 0. The van der Waals surface area contributed by atoms with Gasteiger partial charge in [0, 0.05) is 17.3 Å². The summed E-state index contributed by atoms with van der Waals surface area (Å²) in [4.78, 5) is 32.8. The minimum atomic E-state index is -0.665. The highest BCUT2D eigenvalue weighted by Gasteiger charge is 2.14. The third kappa shape index (κ3) is 4.09. The molecule has 0 saturated carbocycles. The van der Waals surface area contributed by atoms with Gasteiger partial charge in [-0.25, -0.2) is 9.78 Å². The smallest absolute Gasteiger partial charge is 0.363 e. The number of carbonyl (C=O) groups excluding carboxylic acids is 1. The zero-order valence-corrected chi connectivity index (χ0v) is 15.8. The zero-order chi connectivity index (χ0) is 20.4. The normalized spacial score (nSPS) is 10.7. The molecule has 144 valence electrons. The Bertz CT molecular complexity index is 1250.